The fourth-order valence-corrected chi connectivity index (χ4v) is 1.70. The van der Waals surface area contributed by atoms with Crippen LogP contribution in [0.3, 0.4) is 0 Å². The van der Waals surface area contributed by atoms with Crippen LogP contribution in [0.15, 0.2) is 11.4 Å². The molecule has 0 saturated carbocycles. The van der Waals surface area contributed by atoms with Crippen LogP contribution in [-0.2, 0) is 13.7 Å². The molecule has 0 spiro atoms. The van der Waals surface area contributed by atoms with E-state index >= 15 is 0 Å². The average molecular weight is 240 g/mol. The van der Waals surface area contributed by atoms with Crippen LogP contribution in [0.5, 0.6) is 5.75 Å². The third-order valence-corrected chi connectivity index (χ3v) is 2.60. The molecule has 0 aromatic carbocycles. The van der Waals surface area contributed by atoms with Crippen LogP contribution >= 0.6 is 11.3 Å². The van der Waals surface area contributed by atoms with E-state index in [2.05, 4.69) is 15.4 Å². The van der Waals surface area contributed by atoms with Gasteiger partial charge in [0.1, 0.15) is 10.6 Å². The Hall–Kier alpha value is -1.96. The largest absolute Gasteiger partial charge is 0.485 e. The number of aromatic carboxylic acids is 1. The first-order valence-corrected chi connectivity index (χ1v) is 5.20. The summed E-state index contributed by atoms with van der Waals surface area (Å²) in [7, 11) is 1.66. The maximum atomic E-state index is 10.6. The first-order chi connectivity index (χ1) is 7.65. The van der Waals surface area contributed by atoms with E-state index in [-0.39, 0.29) is 11.5 Å². The predicted octanol–water partition coefficient (Wildman–Crippen LogP) is 0.549. The van der Waals surface area contributed by atoms with E-state index < -0.39 is 5.97 Å². The summed E-state index contributed by atoms with van der Waals surface area (Å²) in [5, 5.41) is 21.6. The Morgan fingerprint density at radius 2 is 2.50 bits per heavy atom. The first kappa shape index (κ1) is 10.6. The van der Waals surface area contributed by atoms with Crippen LogP contribution in [0, 0.1) is 0 Å². The fourth-order valence-electron chi connectivity index (χ4n) is 1.04. The van der Waals surface area contributed by atoms with Gasteiger partial charge < -0.3 is 9.84 Å². The van der Waals surface area contributed by atoms with E-state index in [1.165, 1.54) is 10.9 Å². The molecule has 2 aromatic rings. The van der Waals surface area contributed by atoms with Crippen molar-refractivity contribution in [2.75, 3.05) is 0 Å². The van der Waals surface area contributed by atoms with Crippen molar-refractivity contribution in [2.24, 2.45) is 7.05 Å². The number of carbonyl (C=O) groups is 1. The predicted molar refractivity (Wildman–Crippen MR) is 54.4 cm³/mol. The van der Waals surface area contributed by atoms with Gasteiger partial charge in [-0.25, -0.2) is 4.79 Å². The Morgan fingerprint density at radius 3 is 3.06 bits per heavy atom. The van der Waals surface area contributed by atoms with Gasteiger partial charge in [-0.05, 0) is 5.21 Å². The molecule has 0 radical (unpaired) electrons. The monoisotopic (exact) mass is 240 g/mol. The van der Waals surface area contributed by atoms with Crippen LogP contribution in [0.25, 0.3) is 0 Å². The molecular formula is C8H8N4O3S. The summed E-state index contributed by atoms with van der Waals surface area (Å²) in [4.78, 5) is 12.2. The number of hydrogen-bond acceptors (Lipinski definition) is 6. The number of aromatic nitrogens is 4. The number of carboxylic acid groups (broad SMARTS) is 1. The van der Waals surface area contributed by atoms with E-state index in [1.807, 2.05) is 0 Å². The zero-order valence-electron chi connectivity index (χ0n) is 8.32. The molecule has 1 N–H and O–H groups in total. The molecule has 0 aliphatic carbocycles. The number of ether oxygens (including phenoxy) is 1. The summed E-state index contributed by atoms with van der Waals surface area (Å²) in [5.41, 5.74) is 0. The highest BCUT2D eigenvalue weighted by Crippen LogP contribution is 2.21. The first-order valence-electron chi connectivity index (χ1n) is 4.32. The number of rotatable bonds is 4. The van der Waals surface area contributed by atoms with E-state index in [1.54, 1.807) is 12.4 Å². The van der Waals surface area contributed by atoms with Gasteiger partial charge >= 0.3 is 5.97 Å². The highest BCUT2D eigenvalue weighted by molar-refractivity contribution is 7.12. The molecule has 16 heavy (non-hydrogen) atoms. The number of tetrazole rings is 1. The van der Waals surface area contributed by atoms with E-state index in [4.69, 9.17) is 9.84 Å². The topological polar surface area (TPSA) is 90.1 Å². The van der Waals surface area contributed by atoms with Crippen LogP contribution in [0.2, 0.25) is 0 Å². The number of hydrogen-bond donors (Lipinski definition) is 1. The van der Waals surface area contributed by atoms with E-state index in [0.717, 1.165) is 11.3 Å². The van der Waals surface area contributed by atoms with E-state index in [9.17, 15) is 4.79 Å². The molecule has 0 amide bonds. The highest BCUT2D eigenvalue weighted by atomic mass is 32.1. The maximum absolute atomic E-state index is 10.6. The van der Waals surface area contributed by atoms with Crippen LogP contribution in [0.1, 0.15) is 15.5 Å². The lowest BCUT2D eigenvalue weighted by Crippen LogP contribution is -1.98. The minimum Gasteiger partial charge on any atom is -0.485 e. The lowest BCUT2D eigenvalue weighted by molar-refractivity contribution is 0.0702. The van der Waals surface area contributed by atoms with Crippen molar-refractivity contribution in [3.63, 3.8) is 0 Å². The Kier molecular flexibility index (Phi) is 2.82. The van der Waals surface area contributed by atoms with Gasteiger partial charge in [0.15, 0.2) is 6.61 Å². The van der Waals surface area contributed by atoms with Gasteiger partial charge in [-0.3, -0.25) is 0 Å². The standard InChI is InChI=1S/C8H8N4O3S/c1-12-10-7(9-11-12)3-15-5-2-6(8(13)14)16-4-5/h2,4H,3H2,1H3,(H,13,14). The Balaban J connectivity index is 1.97. The van der Waals surface area contributed by atoms with Crippen molar-refractivity contribution in [3.8, 4) is 5.75 Å². The van der Waals surface area contributed by atoms with Gasteiger partial charge in [0, 0.05) is 11.4 Å². The summed E-state index contributed by atoms with van der Waals surface area (Å²) in [6.45, 7) is 0.170. The normalized spacial score (nSPS) is 10.3. The summed E-state index contributed by atoms with van der Waals surface area (Å²) < 4.78 is 5.30. The lowest BCUT2D eigenvalue weighted by Gasteiger charge is -1.97. The number of aryl methyl sites for hydroxylation is 1. The SMILES string of the molecule is Cn1nnc(COc2csc(C(=O)O)c2)n1. The molecule has 0 aliphatic heterocycles. The second-order valence-corrected chi connectivity index (χ2v) is 3.85. The molecule has 0 saturated heterocycles. The van der Waals surface area contributed by atoms with Crippen molar-refractivity contribution >= 4 is 17.3 Å². The molecule has 0 unspecified atom stereocenters. The summed E-state index contributed by atoms with van der Waals surface area (Å²) >= 11 is 1.11. The number of thiophene rings is 1. The summed E-state index contributed by atoms with van der Waals surface area (Å²) in [5.74, 6) is -0.0158. The zero-order valence-corrected chi connectivity index (χ0v) is 9.14. The van der Waals surface area contributed by atoms with Gasteiger partial charge in [0.2, 0.25) is 5.82 Å². The van der Waals surface area contributed by atoms with Crippen molar-refractivity contribution in [3.05, 3.63) is 22.1 Å². The molecule has 0 aliphatic rings. The molecular weight excluding hydrogens is 232 g/mol. The van der Waals surface area contributed by atoms with E-state index in [0.29, 0.717) is 11.6 Å². The molecule has 0 atom stereocenters. The Morgan fingerprint density at radius 1 is 1.69 bits per heavy atom. The van der Waals surface area contributed by atoms with Crippen LogP contribution in [0.4, 0.5) is 0 Å². The molecule has 2 aromatic heterocycles. The molecule has 84 valence electrons. The van der Waals surface area contributed by atoms with Crippen molar-refractivity contribution < 1.29 is 14.6 Å². The van der Waals surface area contributed by atoms with Crippen LogP contribution < -0.4 is 4.74 Å². The minimum atomic E-state index is -0.961. The van der Waals surface area contributed by atoms with Crippen molar-refractivity contribution in [1.82, 2.24) is 20.2 Å². The van der Waals surface area contributed by atoms with Gasteiger partial charge in [-0.1, -0.05) is 0 Å². The third-order valence-electron chi connectivity index (χ3n) is 1.70. The molecule has 2 heterocycles. The molecule has 7 nitrogen and oxygen atoms in total. The van der Waals surface area contributed by atoms with Crippen molar-refractivity contribution in [1.29, 1.82) is 0 Å². The maximum Gasteiger partial charge on any atom is 0.346 e. The molecule has 8 heteroatoms. The average Bonchev–Trinajstić information content (AvgIpc) is 2.83. The molecule has 0 bridgehead atoms. The zero-order chi connectivity index (χ0) is 11.5. The van der Waals surface area contributed by atoms with Gasteiger partial charge in [-0.15, -0.1) is 21.5 Å². The van der Waals surface area contributed by atoms with Crippen LogP contribution in [-0.4, -0.2) is 31.3 Å². The Labute approximate surface area is 94.3 Å². The third kappa shape index (κ3) is 2.34. The van der Waals surface area contributed by atoms with Gasteiger partial charge in [-0.2, -0.15) is 4.80 Å². The second kappa shape index (κ2) is 4.27. The number of carboxylic acids is 1. The quantitative estimate of drug-likeness (QED) is 0.839. The smallest absolute Gasteiger partial charge is 0.346 e. The summed E-state index contributed by atoms with van der Waals surface area (Å²) in [6.07, 6.45) is 0. The molecule has 2 rings (SSSR count). The fraction of sp³-hybridized carbons (Fsp3) is 0.250. The summed E-state index contributed by atoms with van der Waals surface area (Å²) in [6, 6.07) is 1.46. The molecule has 0 fully saturated rings. The number of nitrogens with zero attached hydrogens (tertiary/aromatic N) is 4. The lowest BCUT2D eigenvalue weighted by atomic mass is 10.4. The highest BCUT2D eigenvalue weighted by Gasteiger charge is 2.08. The Bertz CT molecular complexity index is 507. The minimum absolute atomic E-state index is 0.170. The second-order valence-electron chi connectivity index (χ2n) is 2.94. The van der Waals surface area contributed by atoms with Gasteiger partial charge in [0.25, 0.3) is 0 Å². The van der Waals surface area contributed by atoms with Gasteiger partial charge in [0.05, 0.1) is 7.05 Å². The van der Waals surface area contributed by atoms with Crippen molar-refractivity contribution in [2.45, 2.75) is 6.61 Å².